The van der Waals surface area contributed by atoms with Crippen molar-refractivity contribution in [3.8, 4) is 0 Å². The van der Waals surface area contributed by atoms with Crippen LogP contribution >= 0.6 is 0 Å². The van der Waals surface area contributed by atoms with E-state index in [1.54, 1.807) is 20.8 Å². The Morgan fingerprint density at radius 1 is 1.29 bits per heavy atom. The molecule has 0 spiro atoms. The Morgan fingerprint density at radius 3 is 2.00 bits per heavy atom. The average molecular weight is 204 g/mol. The molecule has 1 atom stereocenters. The molecule has 0 aromatic heterocycles. The van der Waals surface area contributed by atoms with E-state index in [4.69, 9.17) is 4.74 Å². The Morgan fingerprint density at radius 2 is 1.71 bits per heavy atom. The smallest absolute Gasteiger partial charge is 0.311 e. The van der Waals surface area contributed by atoms with Gasteiger partial charge in [0, 0.05) is 0 Å². The lowest BCUT2D eigenvalue weighted by atomic mass is 9.97. The first-order valence-electron chi connectivity index (χ1n) is 4.63. The summed E-state index contributed by atoms with van der Waals surface area (Å²) in [5, 5.41) is 18.7. The Bertz CT molecular complexity index is 197. The van der Waals surface area contributed by atoms with Gasteiger partial charge in [-0.15, -0.1) is 0 Å². The minimum absolute atomic E-state index is 0.181. The van der Waals surface area contributed by atoms with Gasteiger partial charge in [0.1, 0.15) is 12.7 Å². The van der Waals surface area contributed by atoms with Crippen molar-refractivity contribution in [3.05, 3.63) is 0 Å². The molecule has 14 heavy (non-hydrogen) atoms. The van der Waals surface area contributed by atoms with E-state index in [0.717, 1.165) is 0 Å². The van der Waals surface area contributed by atoms with E-state index in [1.165, 1.54) is 13.8 Å². The first-order chi connectivity index (χ1) is 6.05. The van der Waals surface area contributed by atoms with Crippen LogP contribution in [-0.2, 0) is 9.53 Å². The predicted molar refractivity (Wildman–Crippen MR) is 52.7 cm³/mol. The molecule has 84 valence electrons. The number of rotatable bonds is 3. The number of hydrogen-bond acceptors (Lipinski definition) is 4. The molecule has 0 saturated carbocycles. The molecule has 0 heterocycles. The topological polar surface area (TPSA) is 66.8 Å². The van der Waals surface area contributed by atoms with Gasteiger partial charge in [0.05, 0.1) is 11.0 Å². The van der Waals surface area contributed by atoms with Crippen LogP contribution in [0.15, 0.2) is 0 Å². The SMILES string of the molecule is CC(C)(C)C(=O)OCC(O)C(C)(C)O. The van der Waals surface area contributed by atoms with Crippen molar-refractivity contribution < 1.29 is 19.7 Å². The maximum absolute atomic E-state index is 11.3. The number of carbonyl (C=O) groups is 1. The number of carbonyl (C=O) groups excluding carboxylic acids is 1. The van der Waals surface area contributed by atoms with Crippen molar-refractivity contribution in [2.24, 2.45) is 5.41 Å². The molecule has 0 aromatic rings. The van der Waals surface area contributed by atoms with Gasteiger partial charge in [-0.2, -0.15) is 0 Å². The Balaban J connectivity index is 4.03. The largest absolute Gasteiger partial charge is 0.462 e. The summed E-state index contributed by atoms with van der Waals surface area (Å²) < 4.78 is 4.85. The number of aliphatic hydroxyl groups is 2. The molecule has 4 heteroatoms. The van der Waals surface area contributed by atoms with Crippen LogP contribution in [0.5, 0.6) is 0 Å². The maximum Gasteiger partial charge on any atom is 0.311 e. The van der Waals surface area contributed by atoms with Crippen molar-refractivity contribution in [1.82, 2.24) is 0 Å². The monoisotopic (exact) mass is 204 g/mol. The van der Waals surface area contributed by atoms with E-state index >= 15 is 0 Å². The molecule has 2 N–H and O–H groups in total. The average Bonchev–Trinajstić information content (AvgIpc) is 1.95. The summed E-state index contributed by atoms with van der Waals surface area (Å²) in [5.41, 5.74) is -1.84. The predicted octanol–water partition coefficient (Wildman–Crippen LogP) is 0.708. The fraction of sp³-hybridized carbons (Fsp3) is 0.900. The highest BCUT2D eigenvalue weighted by atomic mass is 16.5. The first kappa shape index (κ1) is 13.4. The van der Waals surface area contributed by atoms with Crippen LogP contribution in [0.2, 0.25) is 0 Å². The first-order valence-corrected chi connectivity index (χ1v) is 4.63. The van der Waals surface area contributed by atoms with Crippen molar-refractivity contribution in [2.75, 3.05) is 6.61 Å². The molecule has 0 aliphatic rings. The van der Waals surface area contributed by atoms with E-state index in [9.17, 15) is 15.0 Å². The Hall–Kier alpha value is -0.610. The quantitative estimate of drug-likeness (QED) is 0.664. The summed E-state index contributed by atoms with van der Waals surface area (Å²) in [4.78, 5) is 11.3. The van der Waals surface area contributed by atoms with Gasteiger partial charge in [-0.1, -0.05) is 0 Å². The second-order valence-electron chi connectivity index (χ2n) is 5.02. The second kappa shape index (κ2) is 4.28. The second-order valence-corrected chi connectivity index (χ2v) is 5.02. The Labute approximate surface area is 84.9 Å². The molecule has 0 bridgehead atoms. The van der Waals surface area contributed by atoms with Gasteiger partial charge in [0.2, 0.25) is 0 Å². The van der Waals surface area contributed by atoms with E-state index in [-0.39, 0.29) is 12.6 Å². The molecule has 0 aliphatic carbocycles. The lowest BCUT2D eigenvalue weighted by molar-refractivity contribution is -0.161. The molecule has 0 rings (SSSR count). The summed E-state index contributed by atoms with van der Waals surface area (Å²) in [6.07, 6.45) is -1.06. The summed E-state index contributed by atoms with van der Waals surface area (Å²) in [6.45, 7) is 7.92. The number of esters is 1. The van der Waals surface area contributed by atoms with Crippen LogP contribution in [0.3, 0.4) is 0 Å². The highest BCUT2D eigenvalue weighted by Gasteiger charge is 2.28. The number of hydrogen-bond donors (Lipinski definition) is 2. The molecule has 0 amide bonds. The van der Waals surface area contributed by atoms with Crippen molar-refractivity contribution in [3.63, 3.8) is 0 Å². The summed E-state index contributed by atoms with van der Waals surface area (Å²) >= 11 is 0. The minimum atomic E-state index is -1.25. The molecule has 0 fully saturated rings. The highest BCUT2D eigenvalue weighted by molar-refractivity contribution is 5.75. The van der Waals surface area contributed by atoms with E-state index in [2.05, 4.69) is 0 Å². The zero-order valence-electron chi connectivity index (χ0n) is 9.50. The van der Waals surface area contributed by atoms with Gasteiger partial charge in [-0.25, -0.2) is 0 Å². The fourth-order valence-corrected chi connectivity index (χ4v) is 0.575. The highest BCUT2D eigenvalue weighted by Crippen LogP contribution is 2.16. The molecule has 1 unspecified atom stereocenters. The molecule has 0 aromatic carbocycles. The molecular formula is C10H20O4. The number of ether oxygens (including phenoxy) is 1. The van der Waals surface area contributed by atoms with Crippen molar-refractivity contribution >= 4 is 5.97 Å². The van der Waals surface area contributed by atoms with Gasteiger partial charge in [0.25, 0.3) is 0 Å². The lowest BCUT2D eigenvalue weighted by Gasteiger charge is -2.25. The maximum atomic E-state index is 11.3. The van der Waals surface area contributed by atoms with Gasteiger partial charge < -0.3 is 14.9 Å². The lowest BCUT2D eigenvalue weighted by Crippen LogP contribution is -2.40. The Kier molecular flexibility index (Phi) is 4.09. The summed E-state index contributed by atoms with van der Waals surface area (Å²) in [7, 11) is 0. The summed E-state index contributed by atoms with van der Waals surface area (Å²) in [5.74, 6) is -0.388. The third-order valence-electron chi connectivity index (χ3n) is 1.80. The van der Waals surface area contributed by atoms with Gasteiger partial charge in [-0.3, -0.25) is 4.79 Å². The molecule has 0 radical (unpaired) electrons. The minimum Gasteiger partial charge on any atom is -0.462 e. The zero-order chi connectivity index (χ0) is 11.6. The third-order valence-corrected chi connectivity index (χ3v) is 1.80. The normalized spacial score (nSPS) is 15.1. The third kappa shape index (κ3) is 4.58. The molecule has 0 saturated heterocycles. The zero-order valence-corrected chi connectivity index (χ0v) is 9.50. The van der Waals surface area contributed by atoms with Crippen LogP contribution < -0.4 is 0 Å². The van der Waals surface area contributed by atoms with Gasteiger partial charge in [-0.05, 0) is 34.6 Å². The van der Waals surface area contributed by atoms with Crippen LogP contribution in [0.1, 0.15) is 34.6 Å². The van der Waals surface area contributed by atoms with E-state index in [1.807, 2.05) is 0 Å². The van der Waals surface area contributed by atoms with Gasteiger partial charge in [0.15, 0.2) is 0 Å². The number of aliphatic hydroxyl groups excluding tert-OH is 1. The van der Waals surface area contributed by atoms with Crippen LogP contribution in [0, 0.1) is 5.41 Å². The standard InChI is InChI=1S/C10H20O4/c1-9(2,3)8(12)14-6-7(11)10(4,5)13/h7,11,13H,6H2,1-5H3. The van der Waals surface area contributed by atoms with E-state index in [0.29, 0.717) is 0 Å². The molecule has 4 nitrogen and oxygen atoms in total. The van der Waals surface area contributed by atoms with Crippen LogP contribution in [0.4, 0.5) is 0 Å². The fourth-order valence-electron chi connectivity index (χ4n) is 0.575. The summed E-state index contributed by atoms with van der Waals surface area (Å²) in [6, 6.07) is 0. The van der Waals surface area contributed by atoms with Crippen LogP contribution in [-0.4, -0.2) is 34.5 Å². The molecule has 0 aliphatic heterocycles. The van der Waals surface area contributed by atoms with Crippen LogP contribution in [0.25, 0.3) is 0 Å². The van der Waals surface area contributed by atoms with Crippen molar-refractivity contribution in [2.45, 2.75) is 46.3 Å². The van der Waals surface area contributed by atoms with Gasteiger partial charge >= 0.3 is 5.97 Å². The molecular weight excluding hydrogens is 184 g/mol. The van der Waals surface area contributed by atoms with E-state index < -0.39 is 17.1 Å². The van der Waals surface area contributed by atoms with Crippen molar-refractivity contribution in [1.29, 1.82) is 0 Å².